The van der Waals surface area contributed by atoms with E-state index >= 15 is 0 Å². The predicted octanol–water partition coefficient (Wildman–Crippen LogP) is 1.72. The van der Waals surface area contributed by atoms with Crippen LogP contribution in [0.15, 0.2) is 24.3 Å². The average molecular weight is 288 g/mol. The Labute approximate surface area is 121 Å². The van der Waals surface area contributed by atoms with Crippen LogP contribution in [0.4, 0.5) is 4.79 Å². The molecule has 1 fully saturated rings. The highest BCUT2D eigenvalue weighted by molar-refractivity contribution is 6.21. The number of amides is 3. The highest BCUT2D eigenvalue weighted by atomic mass is 16.4. The minimum absolute atomic E-state index is 0.175. The summed E-state index contributed by atoms with van der Waals surface area (Å²) in [5.41, 5.74) is 0.798. The van der Waals surface area contributed by atoms with Crippen molar-refractivity contribution in [2.75, 3.05) is 0 Å². The molecule has 0 bridgehead atoms. The Kier molecular flexibility index (Phi) is 3.16. The first-order chi connectivity index (χ1) is 10.0. The lowest BCUT2D eigenvalue weighted by atomic mass is 10.0. The first-order valence-corrected chi connectivity index (χ1v) is 6.97. The van der Waals surface area contributed by atoms with Crippen LogP contribution in [0.25, 0.3) is 0 Å². The fourth-order valence-electron chi connectivity index (χ4n) is 3.04. The van der Waals surface area contributed by atoms with Crippen molar-refractivity contribution in [2.45, 2.75) is 31.8 Å². The molecule has 6 heteroatoms. The highest BCUT2D eigenvalue weighted by Crippen LogP contribution is 2.39. The number of carbonyl (C=O) groups excluding carboxylic acids is 2. The number of carbonyl (C=O) groups is 3. The molecule has 0 spiro atoms. The van der Waals surface area contributed by atoms with E-state index in [1.165, 1.54) is 4.90 Å². The second-order valence-electron chi connectivity index (χ2n) is 5.59. The van der Waals surface area contributed by atoms with Gasteiger partial charge >= 0.3 is 6.09 Å². The van der Waals surface area contributed by atoms with Gasteiger partial charge in [-0.05, 0) is 37.8 Å². The Bertz CT molecular complexity index is 589. The van der Waals surface area contributed by atoms with Gasteiger partial charge in [0.15, 0.2) is 0 Å². The molecule has 2 aliphatic rings. The summed E-state index contributed by atoms with van der Waals surface area (Å²) in [5, 5.41) is 11.3. The summed E-state index contributed by atoms with van der Waals surface area (Å²) < 4.78 is 0. The number of rotatable bonds is 4. The molecule has 1 aromatic carbocycles. The highest BCUT2D eigenvalue weighted by Gasteiger charge is 2.48. The van der Waals surface area contributed by atoms with E-state index in [2.05, 4.69) is 5.32 Å². The van der Waals surface area contributed by atoms with Crippen molar-refractivity contribution in [3.05, 3.63) is 35.4 Å². The Morgan fingerprint density at radius 3 is 2.19 bits per heavy atom. The van der Waals surface area contributed by atoms with Gasteiger partial charge in [0, 0.05) is 0 Å². The number of fused-ring (bicyclic) bond motifs is 1. The Morgan fingerprint density at radius 2 is 1.76 bits per heavy atom. The first-order valence-electron chi connectivity index (χ1n) is 6.97. The van der Waals surface area contributed by atoms with Crippen molar-refractivity contribution in [1.82, 2.24) is 10.2 Å². The van der Waals surface area contributed by atoms with Crippen molar-refractivity contribution >= 4 is 17.9 Å². The molecule has 0 saturated heterocycles. The summed E-state index contributed by atoms with van der Waals surface area (Å²) in [6.07, 6.45) is 0.665. The van der Waals surface area contributed by atoms with E-state index in [-0.39, 0.29) is 17.7 Å². The average Bonchev–Trinajstić information content (AvgIpc) is 3.23. The molecule has 0 radical (unpaired) electrons. The maximum Gasteiger partial charge on any atom is 0.404 e. The van der Waals surface area contributed by atoms with Crippen LogP contribution in [0.3, 0.4) is 0 Å². The zero-order valence-corrected chi connectivity index (χ0v) is 11.6. The Morgan fingerprint density at radius 1 is 1.24 bits per heavy atom. The van der Waals surface area contributed by atoms with Gasteiger partial charge in [0.05, 0.1) is 23.2 Å². The van der Waals surface area contributed by atoms with Gasteiger partial charge < -0.3 is 10.4 Å². The molecule has 2 atom stereocenters. The zero-order chi connectivity index (χ0) is 15.1. The van der Waals surface area contributed by atoms with Crippen molar-refractivity contribution in [1.29, 1.82) is 0 Å². The molecule has 3 amide bonds. The zero-order valence-electron chi connectivity index (χ0n) is 11.6. The third-order valence-electron chi connectivity index (χ3n) is 4.09. The molecule has 0 unspecified atom stereocenters. The number of benzene rings is 1. The number of nitrogens with zero attached hydrogens (tertiary/aromatic N) is 1. The van der Waals surface area contributed by atoms with E-state index < -0.39 is 18.2 Å². The Balaban J connectivity index is 1.93. The van der Waals surface area contributed by atoms with Crippen LogP contribution >= 0.6 is 0 Å². The minimum Gasteiger partial charge on any atom is -0.465 e. The SMILES string of the molecule is C[C@@H](NC(=O)O)[C@H](C1CC1)N1C(=O)c2ccccc2C1=O. The number of hydrogen-bond donors (Lipinski definition) is 2. The lowest BCUT2D eigenvalue weighted by molar-refractivity contribution is 0.0525. The van der Waals surface area contributed by atoms with Crippen molar-refractivity contribution in [2.24, 2.45) is 5.92 Å². The molecule has 2 N–H and O–H groups in total. The van der Waals surface area contributed by atoms with Crippen LogP contribution in [0, 0.1) is 5.92 Å². The molecule has 21 heavy (non-hydrogen) atoms. The van der Waals surface area contributed by atoms with E-state index in [0.29, 0.717) is 11.1 Å². The second-order valence-corrected chi connectivity index (χ2v) is 5.59. The first kappa shape index (κ1) is 13.6. The van der Waals surface area contributed by atoms with Crippen LogP contribution in [-0.4, -0.2) is 40.0 Å². The quantitative estimate of drug-likeness (QED) is 0.826. The van der Waals surface area contributed by atoms with E-state index in [0.717, 1.165) is 12.8 Å². The lowest BCUT2D eigenvalue weighted by Crippen LogP contribution is -2.53. The van der Waals surface area contributed by atoms with E-state index in [1.807, 2.05) is 0 Å². The van der Waals surface area contributed by atoms with Crippen LogP contribution < -0.4 is 5.32 Å². The summed E-state index contributed by atoms with van der Waals surface area (Å²) in [5.74, 6) is -0.480. The molecule has 6 nitrogen and oxygen atoms in total. The van der Waals surface area contributed by atoms with Crippen molar-refractivity contribution in [3.63, 3.8) is 0 Å². The summed E-state index contributed by atoms with van der Waals surface area (Å²) in [6, 6.07) is 5.80. The minimum atomic E-state index is -1.15. The van der Waals surface area contributed by atoms with Gasteiger partial charge in [-0.3, -0.25) is 14.5 Å². The van der Waals surface area contributed by atoms with Crippen molar-refractivity contribution < 1.29 is 19.5 Å². The molecule has 3 rings (SSSR count). The third kappa shape index (κ3) is 2.26. The summed E-state index contributed by atoms with van der Waals surface area (Å²) >= 11 is 0. The van der Waals surface area contributed by atoms with E-state index in [1.54, 1.807) is 31.2 Å². The molecule has 1 aromatic rings. The fourth-order valence-corrected chi connectivity index (χ4v) is 3.04. The number of imide groups is 1. The predicted molar refractivity (Wildman–Crippen MR) is 74.1 cm³/mol. The van der Waals surface area contributed by atoms with Gasteiger partial charge in [0.25, 0.3) is 11.8 Å². The van der Waals surface area contributed by atoms with Crippen LogP contribution in [0.1, 0.15) is 40.5 Å². The van der Waals surface area contributed by atoms with Crippen LogP contribution in [0.5, 0.6) is 0 Å². The van der Waals surface area contributed by atoms with Gasteiger partial charge in [-0.15, -0.1) is 0 Å². The molecule has 1 saturated carbocycles. The molecular weight excluding hydrogens is 272 g/mol. The van der Waals surface area contributed by atoms with Gasteiger partial charge in [-0.1, -0.05) is 12.1 Å². The van der Waals surface area contributed by atoms with E-state index in [4.69, 9.17) is 5.11 Å². The maximum atomic E-state index is 12.5. The van der Waals surface area contributed by atoms with Gasteiger partial charge in [-0.2, -0.15) is 0 Å². The van der Waals surface area contributed by atoms with Crippen LogP contribution in [0.2, 0.25) is 0 Å². The van der Waals surface area contributed by atoms with Crippen LogP contribution in [-0.2, 0) is 0 Å². The number of hydrogen-bond acceptors (Lipinski definition) is 3. The third-order valence-corrected chi connectivity index (χ3v) is 4.09. The normalized spacial score (nSPS) is 20.1. The fraction of sp³-hybridized carbons (Fsp3) is 0.400. The summed E-state index contributed by atoms with van der Waals surface area (Å²) in [7, 11) is 0. The molecule has 110 valence electrons. The van der Waals surface area contributed by atoms with E-state index in [9.17, 15) is 14.4 Å². The maximum absolute atomic E-state index is 12.5. The molecule has 1 heterocycles. The standard InChI is InChI=1S/C15H16N2O4/c1-8(16-15(20)21)12(9-6-7-9)17-13(18)10-4-2-3-5-11(10)14(17)19/h2-5,8-9,12,16H,6-7H2,1H3,(H,20,21)/t8-,12-/m1/s1. The number of carboxylic acid groups (broad SMARTS) is 1. The van der Waals surface area contributed by atoms with Crippen molar-refractivity contribution in [3.8, 4) is 0 Å². The second kappa shape index (κ2) is 4.87. The topological polar surface area (TPSA) is 86.7 Å². The molecule has 1 aliphatic heterocycles. The lowest BCUT2D eigenvalue weighted by Gasteiger charge is -2.31. The molecule has 1 aliphatic carbocycles. The molecule has 0 aromatic heterocycles. The van der Waals surface area contributed by atoms with Gasteiger partial charge in [0.1, 0.15) is 0 Å². The summed E-state index contributed by atoms with van der Waals surface area (Å²) in [4.78, 5) is 37.1. The molecular formula is C15H16N2O4. The van der Waals surface area contributed by atoms with Gasteiger partial charge in [-0.25, -0.2) is 4.79 Å². The summed E-state index contributed by atoms with van der Waals surface area (Å²) in [6.45, 7) is 1.70. The Hall–Kier alpha value is -2.37. The number of nitrogens with one attached hydrogen (secondary N) is 1. The smallest absolute Gasteiger partial charge is 0.404 e. The van der Waals surface area contributed by atoms with Gasteiger partial charge in [0.2, 0.25) is 0 Å². The monoisotopic (exact) mass is 288 g/mol. The largest absolute Gasteiger partial charge is 0.465 e.